The molecule has 6 nitrogen and oxygen atoms in total. The molecule has 0 saturated heterocycles. The van der Waals surface area contributed by atoms with Crippen molar-refractivity contribution in [2.24, 2.45) is 0 Å². The van der Waals surface area contributed by atoms with Crippen LogP contribution >= 0.6 is 11.3 Å². The number of pyridine rings is 2. The van der Waals surface area contributed by atoms with Crippen LogP contribution in [-0.2, 0) is 4.74 Å². The van der Waals surface area contributed by atoms with Crippen molar-refractivity contribution in [3.63, 3.8) is 0 Å². The molecule has 0 atom stereocenters. The molecule has 1 amide bonds. The lowest BCUT2D eigenvalue weighted by atomic mass is 10.1. The van der Waals surface area contributed by atoms with E-state index in [2.05, 4.69) is 20.0 Å². The highest BCUT2D eigenvalue weighted by Gasteiger charge is 2.15. The van der Waals surface area contributed by atoms with Gasteiger partial charge in [0.25, 0.3) is 5.91 Å². The van der Waals surface area contributed by atoms with Crippen LogP contribution in [0.15, 0.2) is 30.3 Å². The van der Waals surface area contributed by atoms with E-state index in [1.165, 1.54) is 7.11 Å². The van der Waals surface area contributed by atoms with Crippen molar-refractivity contribution in [1.29, 1.82) is 0 Å². The molecule has 122 valence electrons. The SMILES string of the molecule is COC(=O)c1ccc(C(=O)Nc2ccc3c(C)cc(C)nc3n2)s1. The molecule has 0 aliphatic rings. The summed E-state index contributed by atoms with van der Waals surface area (Å²) >= 11 is 1.07. The van der Waals surface area contributed by atoms with Crippen molar-refractivity contribution in [3.05, 3.63) is 51.3 Å². The van der Waals surface area contributed by atoms with Gasteiger partial charge in [-0.25, -0.2) is 14.8 Å². The first-order valence-corrected chi connectivity index (χ1v) is 8.04. The zero-order chi connectivity index (χ0) is 17.3. The number of carbonyl (C=O) groups excluding carboxylic acids is 2. The quantitative estimate of drug-likeness (QED) is 0.739. The third-order valence-electron chi connectivity index (χ3n) is 3.47. The molecule has 3 rings (SSSR count). The molecule has 3 aromatic rings. The minimum absolute atomic E-state index is 0.327. The Hall–Kier alpha value is -2.80. The fourth-order valence-electron chi connectivity index (χ4n) is 2.35. The summed E-state index contributed by atoms with van der Waals surface area (Å²) in [6, 6.07) is 8.75. The average molecular weight is 341 g/mol. The number of carbonyl (C=O) groups is 2. The highest BCUT2D eigenvalue weighted by atomic mass is 32.1. The van der Waals surface area contributed by atoms with E-state index in [-0.39, 0.29) is 5.91 Å². The number of nitrogens with zero attached hydrogens (tertiary/aromatic N) is 2. The van der Waals surface area contributed by atoms with E-state index in [4.69, 9.17) is 0 Å². The van der Waals surface area contributed by atoms with Gasteiger partial charge in [0.2, 0.25) is 0 Å². The molecule has 24 heavy (non-hydrogen) atoms. The largest absolute Gasteiger partial charge is 0.465 e. The molecule has 7 heteroatoms. The third-order valence-corrected chi connectivity index (χ3v) is 4.53. The lowest BCUT2D eigenvalue weighted by molar-refractivity contribution is 0.0606. The summed E-state index contributed by atoms with van der Waals surface area (Å²) in [6.45, 7) is 3.90. The summed E-state index contributed by atoms with van der Waals surface area (Å²) in [4.78, 5) is 33.3. The van der Waals surface area contributed by atoms with Crippen LogP contribution in [0, 0.1) is 13.8 Å². The number of methoxy groups -OCH3 is 1. The Bertz CT molecular complexity index is 949. The number of esters is 1. The predicted molar refractivity (Wildman–Crippen MR) is 92.6 cm³/mol. The van der Waals surface area contributed by atoms with E-state index in [0.29, 0.717) is 21.2 Å². The Labute approximate surface area is 142 Å². The molecule has 0 radical (unpaired) electrons. The second-order valence-electron chi connectivity index (χ2n) is 5.26. The zero-order valence-electron chi connectivity index (χ0n) is 13.4. The Balaban J connectivity index is 1.85. The Morgan fingerprint density at radius 2 is 1.83 bits per heavy atom. The van der Waals surface area contributed by atoms with Gasteiger partial charge in [-0.15, -0.1) is 11.3 Å². The Morgan fingerprint density at radius 1 is 1.08 bits per heavy atom. The van der Waals surface area contributed by atoms with Crippen molar-refractivity contribution in [2.45, 2.75) is 13.8 Å². The molecule has 0 aromatic carbocycles. The minimum atomic E-state index is -0.460. The van der Waals surface area contributed by atoms with Crippen LogP contribution in [0.4, 0.5) is 5.82 Å². The van der Waals surface area contributed by atoms with Crippen LogP contribution < -0.4 is 5.32 Å². The smallest absolute Gasteiger partial charge is 0.348 e. The maximum absolute atomic E-state index is 12.3. The number of amides is 1. The topological polar surface area (TPSA) is 81.2 Å². The van der Waals surface area contributed by atoms with Gasteiger partial charge in [0, 0.05) is 11.1 Å². The monoisotopic (exact) mass is 341 g/mol. The van der Waals surface area contributed by atoms with Gasteiger partial charge in [-0.05, 0) is 49.7 Å². The first-order valence-electron chi connectivity index (χ1n) is 7.22. The fourth-order valence-corrected chi connectivity index (χ4v) is 3.17. The molecule has 0 bridgehead atoms. The number of anilines is 1. The summed E-state index contributed by atoms with van der Waals surface area (Å²) in [5.74, 6) is -0.373. The van der Waals surface area contributed by atoms with Crippen molar-refractivity contribution in [3.8, 4) is 0 Å². The van der Waals surface area contributed by atoms with Crippen molar-refractivity contribution in [1.82, 2.24) is 9.97 Å². The van der Waals surface area contributed by atoms with E-state index < -0.39 is 5.97 Å². The Kier molecular flexibility index (Phi) is 4.26. The molecule has 0 fully saturated rings. The van der Waals surface area contributed by atoms with Crippen LogP contribution in [0.1, 0.15) is 30.6 Å². The van der Waals surface area contributed by atoms with Gasteiger partial charge < -0.3 is 10.1 Å². The van der Waals surface area contributed by atoms with E-state index in [9.17, 15) is 9.59 Å². The maximum atomic E-state index is 12.3. The van der Waals surface area contributed by atoms with E-state index >= 15 is 0 Å². The number of aromatic nitrogens is 2. The number of hydrogen-bond donors (Lipinski definition) is 1. The molecular formula is C17H15N3O3S. The van der Waals surface area contributed by atoms with Gasteiger partial charge in [-0.1, -0.05) is 0 Å². The molecule has 0 aliphatic carbocycles. The van der Waals surface area contributed by atoms with Crippen molar-refractivity contribution < 1.29 is 14.3 Å². The number of ether oxygens (including phenoxy) is 1. The van der Waals surface area contributed by atoms with Gasteiger partial charge in [0.1, 0.15) is 10.7 Å². The predicted octanol–water partition coefficient (Wildman–Crippen LogP) is 3.35. The van der Waals surface area contributed by atoms with Gasteiger partial charge in [0.05, 0.1) is 12.0 Å². The molecule has 1 N–H and O–H groups in total. The average Bonchev–Trinajstić information content (AvgIpc) is 3.03. The molecular weight excluding hydrogens is 326 g/mol. The first kappa shape index (κ1) is 16.1. The summed E-state index contributed by atoms with van der Waals surface area (Å²) in [6.07, 6.45) is 0. The fraction of sp³-hybridized carbons (Fsp3) is 0.176. The number of thiophene rings is 1. The first-order chi connectivity index (χ1) is 11.5. The van der Waals surface area contributed by atoms with Crippen LogP contribution in [0.3, 0.4) is 0 Å². The number of nitrogens with one attached hydrogen (secondary N) is 1. The molecule has 0 aliphatic heterocycles. The van der Waals surface area contributed by atoms with E-state index in [1.807, 2.05) is 26.0 Å². The number of fused-ring (bicyclic) bond motifs is 1. The van der Waals surface area contributed by atoms with Crippen LogP contribution in [0.25, 0.3) is 11.0 Å². The molecule has 0 unspecified atom stereocenters. The van der Waals surface area contributed by atoms with E-state index in [0.717, 1.165) is 28.0 Å². The highest BCUT2D eigenvalue weighted by molar-refractivity contribution is 7.16. The van der Waals surface area contributed by atoms with Gasteiger partial charge in [-0.2, -0.15) is 0 Å². The summed E-state index contributed by atoms with van der Waals surface area (Å²) in [5.41, 5.74) is 2.55. The maximum Gasteiger partial charge on any atom is 0.348 e. The molecule has 3 heterocycles. The molecule has 0 spiro atoms. The van der Waals surface area contributed by atoms with Gasteiger partial charge >= 0.3 is 5.97 Å². The number of rotatable bonds is 3. The number of aryl methyl sites for hydroxylation is 2. The number of hydrogen-bond acceptors (Lipinski definition) is 6. The van der Waals surface area contributed by atoms with E-state index in [1.54, 1.807) is 18.2 Å². The van der Waals surface area contributed by atoms with Crippen molar-refractivity contribution >= 4 is 40.1 Å². The molecule has 3 aromatic heterocycles. The second kappa shape index (κ2) is 6.37. The van der Waals surface area contributed by atoms with Crippen molar-refractivity contribution in [2.75, 3.05) is 12.4 Å². The standard InChI is InChI=1S/C17H15N3O3S/c1-9-8-10(2)18-15-11(9)4-7-14(19-15)20-16(21)12-5-6-13(24-12)17(22)23-3/h4-8H,1-3H3,(H,18,19,20,21). The highest BCUT2D eigenvalue weighted by Crippen LogP contribution is 2.21. The van der Waals surface area contributed by atoms with Gasteiger partial charge in [-0.3, -0.25) is 4.79 Å². The molecule has 0 saturated carbocycles. The zero-order valence-corrected chi connectivity index (χ0v) is 14.2. The van der Waals surface area contributed by atoms with Crippen LogP contribution in [0.2, 0.25) is 0 Å². The summed E-state index contributed by atoms with van der Waals surface area (Å²) in [7, 11) is 1.30. The lowest BCUT2D eigenvalue weighted by Crippen LogP contribution is -2.11. The Morgan fingerprint density at radius 3 is 2.58 bits per heavy atom. The van der Waals surface area contributed by atoms with Crippen LogP contribution in [0.5, 0.6) is 0 Å². The van der Waals surface area contributed by atoms with Gasteiger partial charge in [0.15, 0.2) is 5.65 Å². The lowest BCUT2D eigenvalue weighted by Gasteiger charge is -2.06. The summed E-state index contributed by atoms with van der Waals surface area (Å²) in [5, 5.41) is 3.67. The normalized spacial score (nSPS) is 10.6. The minimum Gasteiger partial charge on any atom is -0.465 e. The second-order valence-corrected chi connectivity index (χ2v) is 6.34. The van der Waals surface area contributed by atoms with Crippen LogP contribution in [-0.4, -0.2) is 29.0 Å². The third kappa shape index (κ3) is 3.11. The summed E-state index contributed by atoms with van der Waals surface area (Å²) < 4.78 is 4.64.